The third kappa shape index (κ3) is 2.61. The molecule has 2 nitrogen and oxygen atoms in total. The molecule has 2 aromatic rings. The van der Waals surface area contributed by atoms with E-state index in [0.29, 0.717) is 0 Å². The zero-order valence-corrected chi connectivity index (χ0v) is 12.3. The molecule has 1 N–H and O–H groups in total. The van der Waals surface area contributed by atoms with Crippen molar-refractivity contribution in [3.8, 4) is 5.75 Å². The van der Waals surface area contributed by atoms with Crippen LogP contribution in [0.3, 0.4) is 0 Å². The number of nitrogens with one attached hydrogen (secondary N) is 1. The van der Waals surface area contributed by atoms with Crippen molar-refractivity contribution in [3.63, 3.8) is 0 Å². The van der Waals surface area contributed by atoms with Gasteiger partial charge in [-0.1, -0.05) is 41.9 Å². The molecule has 1 aliphatic rings. The lowest BCUT2D eigenvalue weighted by molar-refractivity contribution is 0.416. The van der Waals surface area contributed by atoms with Crippen LogP contribution in [0.1, 0.15) is 18.4 Å². The number of halogens is 1. The van der Waals surface area contributed by atoms with Crippen molar-refractivity contribution in [1.29, 1.82) is 0 Å². The molecule has 0 radical (unpaired) electrons. The SMILES string of the molecule is COc1ccc(Cl)cc1NCC1(c2ccccc2)CC1. The van der Waals surface area contributed by atoms with Crippen molar-refractivity contribution in [2.75, 3.05) is 19.0 Å². The molecule has 0 amide bonds. The maximum atomic E-state index is 6.06. The molecule has 0 saturated heterocycles. The number of rotatable bonds is 5. The molecule has 0 aliphatic heterocycles. The lowest BCUT2D eigenvalue weighted by atomic mass is 9.96. The van der Waals surface area contributed by atoms with E-state index >= 15 is 0 Å². The highest BCUT2D eigenvalue weighted by molar-refractivity contribution is 6.30. The van der Waals surface area contributed by atoms with E-state index in [1.807, 2.05) is 18.2 Å². The summed E-state index contributed by atoms with van der Waals surface area (Å²) in [5.41, 5.74) is 2.64. The summed E-state index contributed by atoms with van der Waals surface area (Å²) in [6.07, 6.45) is 2.46. The molecule has 104 valence electrons. The van der Waals surface area contributed by atoms with Gasteiger partial charge in [0.15, 0.2) is 0 Å². The number of hydrogen-bond donors (Lipinski definition) is 1. The molecular formula is C17H18ClNO. The quantitative estimate of drug-likeness (QED) is 0.875. The first kappa shape index (κ1) is 13.3. The van der Waals surface area contributed by atoms with Crippen LogP contribution in [-0.4, -0.2) is 13.7 Å². The Morgan fingerprint density at radius 3 is 2.55 bits per heavy atom. The van der Waals surface area contributed by atoms with Gasteiger partial charge in [-0.05, 0) is 36.6 Å². The van der Waals surface area contributed by atoms with Crippen LogP contribution in [0, 0.1) is 0 Å². The van der Waals surface area contributed by atoms with E-state index in [1.165, 1.54) is 18.4 Å². The molecule has 1 saturated carbocycles. The molecule has 0 atom stereocenters. The fourth-order valence-corrected chi connectivity index (χ4v) is 2.76. The molecule has 3 rings (SSSR count). The van der Waals surface area contributed by atoms with E-state index in [0.717, 1.165) is 23.0 Å². The Bertz CT molecular complexity index is 593. The predicted octanol–water partition coefficient (Wildman–Crippen LogP) is 4.49. The Hall–Kier alpha value is -1.67. The van der Waals surface area contributed by atoms with Crippen LogP contribution in [0.4, 0.5) is 5.69 Å². The van der Waals surface area contributed by atoms with Gasteiger partial charge in [-0.2, -0.15) is 0 Å². The third-order valence-corrected chi connectivity index (χ3v) is 4.25. The molecular weight excluding hydrogens is 270 g/mol. The minimum atomic E-state index is 0.272. The van der Waals surface area contributed by atoms with Crippen molar-refractivity contribution in [2.24, 2.45) is 0 Å². The molecule has 1 fully saturated rings. The van der Waals surface area contributed by atoms with Crippen molar-refractivity contribution in [2.45, 2.75) is 18.3 Å². The smallest absolute Gasteiger partial charge is 0.142 e. The molecule has 3 heteroatoms. The van der Waals surface area contributed by atoms with Crippen molar-refractivity contribution < 1.29 is 4.74 Å². The van der Waals surface area contributed by atoms with Gasteiger partial charge in [0.05, 0.1) is 12.8 Å². The second-order valence-electron chi connectivity index (χ2n) is 5.34. The van der Waals surface area contributed by atoms with Gasteiger partial charge in [-0.3, -0.25) is 0 Å². The lowest BCUT2D eigenvalue weighted by Crippen LogP contribution is -2.19. The normalized spacial score (nSPS) is 15.7. The van der Waals surface area contributed by atoms with Gasteiger partial charge < -0.3 is 10.1 Å². The average molecular weight is 288 g/mol. The third-order valence-electron chi connectivity index (χ3n) is 4.02. The molecule has 0 unspecified atom stereocenters. The number of methoxy groups -OCH3 is 1. The maximum absolute atomic E-state index is 6.06. The first-order valence-electron chi connectivity index (χ1n) is 6.86. The van der Waals surface area contributed by atoms with Crippen LogP contribution in [0.15, 0.2) is 48.5 Å². The molecule has 20 heavy (non-hydrogen) atoms. The zero-order valence-electron chi connectivity index (χ0n) is 11.5. The average Bonchev–Trinajstić information content (AvgIpc) is 3.27. The Morgan fingerprint density at radius 2 is 1.90 bits per heavy atom. The Labute approximate surface area is 124 Å². The summed E-state index contributed by atoms with van der Waals surface area (Å²) < 4.78 is 5.37. The van der Waals surface area contributed by atoms with Gasteiger partial charge >= 0.3 is 0 Å². The highest BCUT2D eigenvalue weighted by Crippen LogP contribution is 2.48. The fourth-order valence-electron chi connectivity index (χ4n) is 2.59. The molecule has 0 aromatic heterocycles. The minimum absolute atomic E-state index is 0.272. The summed E-state index contributed by atoms with van der Waals surface area (Å²) in [6.45, 7) is 0.910. The number of ether oxygens (including phenoxy) is 1. The summed E-state index contributed by atoms with van der Waals surface area (Å²) >= 11 is 6.06. The fraction of sp³-hybridized carbons (Fsp3) is 0.294. The highest BCUT2D eigenvalue weighted by Gasteiger charge is 2.43. The summed E-state index contributed by atoms with van der Waals surface area (Å²) in [7, 11) is 1.68. The zero-order chi connectivity index (χ0) is 14.0. The molecule has 0 spiro atoms. The van der Waals surface area contributed by atoms with Gasteiger partial charge in [0.25, 0.3) is 0 Å². The minimum Gasteiger partial charge on any atom is -0.495 e. The van der Waals surface area contributed by atoms with Crippen molar-refractivity contribution in [3.05, 3.63) is 59.1 Å². The summed E-state index contributed by atoms with van der Waals surface area (Å²) in [4.78, 5) is 0. The Kier molecular flexibility index (Phi) is 3.58. The predicted molar refractivity (Wildman–Crippen MR) is 83.8 cm³/mol. The lowest BCUT2D eigenvalue weighted by Gasteiger charge is -2.19. The molecule has 0 heterocycles. The molecule has 0 bridgehead atoms. The number of benzene rings is 2. The van der Waals surface area contributed by atoms with Crippen LogP contribution < -0.4 is 10.1 Å². The van der Waals surface area contributed by atoms with Gasteiger partial charge in [-0.25, -0.2) is 0 Å². The second-order valence-corrected chi connectivity index (χ2v) is 5.78. The molecule has 1 aliphatic carbocycles. The first-order valence-corrected chi connectivity index (χ1v) is 7.24. The van der Waals surface area contributed by atoms with E-state index in [2.05, 4.69) is 35.6 Å². The molecule has 2 aromatic carbocycles. The van der Waals surface area contributed by atoms with Crippen LogP contribution in [0.25, 0.3) is 0 Å². The number of hydrogen-bond acceptors (Lipinski definition) is 2. The highest BCUT2D eigenvalue weighted by atomic mass is 35.5. The Morgan fingerprint density at radius 1 is 1.15 bits per heavy atom. The van der Waals surface area contributed by atoms with E-state index in [4.69, 9.17) is 16.3 Å². The van der Waals surface area contributed by atoms with Gasteiger partial charge in [0, 0.05) is 17.0 Å². The Balaban J connectivity index is 1.76. The topological polar surface area (TPSA) is 21.3 Å². The maximum Gasteiger partial charge on any atom is 0.142 e. The van der Waals surface area contributed by atoms with Crippen molar-refractivity contribution >= 4 is 17.3 Å². The van der Waals surface area contributed by atoms with Crippen LogP contribution in [0.5, 0.6) is 5.75 Å². The van der Waals surface area contributed by atoms with Crippen LogP contribution in [0.2, 0.25) is 5.02 Å². The van der Waals surface area contributed by atoms with E-state index in [-0.39, 0.29) is 5.41 Å². The van der Waals surface area contributed by atoms with Gasteiger partial charge in [0.1, 0.15) is 5.75 Å². The second kappa shape index (κ2) is 5.37. The monoisotopic (exact) mass is 287 g/mol. The van der Waals surface area contributed by atoms with Crippen LogP contribution >= 0.6 is 11.6 Å². The van der Waals surface area contributed by atoms with E-state index < -0.39 is 0 Å². The van der Waals surface area contributed by atoms with Gasteiger partial charge in [0.2, 0.25) is 0 Å². The number of anilines is 1. The van der Waals surface area contributed by atoms with Crippen molar-refractivity contribution in [1.82, 2.24) is 0 Å². The van der Waals surface area contributed by atoms with E-state index in [1.54, 1.807) is 7.11 Å². The standard InChI is InChI=1S/C17H18ClNO/c1-20-16-8-7-14(18)11-15(16)19-12-17(9-10-17)13-5-3-2-4-6-13/h2-8,11,19H,9-10,12H2,1H3. The first-order chi connectivity index (χ1) is 9.73. The summed E-state index contributed by atoms with van der Waals surface area (Å²) in [5, 5.41) is 4.22. The summed E-state index contributed by atoms with van der Waals surface area (Å²) in [5.74, 6) is 0.832. The van der Waals surface area contributed by atoms with Crippen LogP contribution in [-0.2, 0) is 5.41 Å². The van der Waals surface area contributed by atoms with Gasteiger partial charge in [-0.15, -0.1) is 0 Å². The summed E-state index contributed by atoms with van der Waals surface area (Å²) in [6, 6.07) is 16.4. The van der Waals surface area contributed by atoms with E-state index in [9.17, 15) is 0 Å². The largest absolute Gasteiger partial charge is 0.495 e.